The van der Waals surface area contributed by atoms with Crippen LogP contribution in [0, 0.1) is 12.0 Å². The molecule has 0 fully saturated rings. The third kappa shape index (κ3) is 1.50. The van der Waals surface area contributed by atoms with E-state index in [2.05, 4.69) is 12.0 Å². The number of hydrogen-bond acceptors (Lipinski definition) is 1. The molecule has 7 heavy (non-hydrogen) atoms. The van der Waals surface area contributed by atoms with Crippen LogP contribution >= 0.6 is 0 Å². The van der Waals surface area contributed by atoms with E-state index in [0.29, 0.717) is 0 Å². The van der Waals surface area contributed by atoms with E-state index >= 15 is 0 Å². The summed E-state index contributed by atoms with van der Waals surface area (Å²) in [5.41, 5.74) is 0. The molecule has 1 nitrogen and oxygen atoms in total. The summed E-state index contributed by atoms with van der Waals surface area (Å²) < 4.78 is 4.83. The Kier molecular flexibility index (Phi) is 1.63. The zero-order valence-electron chi connectivity index (χ0n) is 4.24. The SMILES string of the molecule is C1#COCCCC1. The lowest BCUT2D eigenvalue weighted by atomic mass is 10.3. The summed E-state index contributed by atoms with van der Waals surface area (Å²) >= 11 is 0. The topological polar surface area (TPSA) is 9.23 Å². The van der Waals surface area contributed by atoms with Gasteiger partial charge in [0.2, 0.25) is 0 Å². The Labute approximate surface area is 43.7 Å². The molecule has 0 bridgehead atoms. The standard InChI is InChI=1S/C6H8O/c1-2-4-6-7-5-3-1/h1-3,5H2. The van der Waals surface area contributed by atoms with Crippen LogP contribution in [0.25, 0.3) is 0 Å². The average Bonchev–Trinajstić information content (AvgIpc) is 1.90. The first-order valence-corrected chi connectivity index (χ1v) is 2.60. The predicted octanol–water partition coefficient (Wildman–Crippen LogP) is 1.15. The van der Waals surface area contributed by atoms with Crippen LogP contribution in [-0.2, 0) is 4.74 Å². The lowest BCUT2D eigenvalue weighted by molar-refractivity contribution is 0.275. The first kappa shape index (κ1) is 4.52. The van der Waals surface area contributed by atoms with Crippen molar-refractivity contribution in [2.45, 2.75) is 19.3 Å². The van der Waals surface area contributed by atoms with E-state index in [-0.39, 0.29) is 0 Å². The minimum atomic E-state index is 0.826. The minimum Gasteiger partial charge on any atom is -0.447 e. The van der Waals surface area contributed by atoms with E-state index in [9.17, 15) is 0 Å². The van der Waals surface area contributed by atoms with E-state index in [1.165, 1.54) is 6.42 Å². The van der Waals surface area contributed by atoms with Crippen molar-refractivity contribution in [3.05, 3.63) is 0 Å². The van der Waals surface area contributed by atoms with Crippen LogP contribution < -0.4 is 0 Å². The van der Waals surface area contributed by atoms with E-state index in [0.717, 1.165) is 19.4 Å². The van der Waals surface area contributed by atoms with Crippen LogP contribution in [0.2, 0.25) is 0 Å². The van der Waals surface area contributed by atoms with Crippen molar-refractivity contribution in [3.8, 4) is 12.0 Å². The van der Waals surface area contributed by atoms with Gasteiger partial charge in [0.1, 0.15) is 12.7 Å². The average molecular weight is 96.1 g/mol. The van der Waals surface area contributed by atoms with Gasteiger partial charge in [0.15, 0.2) is 0 Å². The zero-order valence-corrected chi connectivity index (χ0v) is 4.24. The molecule has 0 aromatic carbocycles. The Hall–Kier alpha value is -0.640. The smallest absolute Gasteiger partial charge is 0.110 e. The second kappa shape index (κ2) is 2.52. The molecule has 1 heteroatoms. The maximum absolute atomic E-state index is 4.83. The first-order chi connectivity index (χ1) is 3.50. The maximum Gasteiger partial charge on any atom is 0.110 e. The second-order valence-corrected chi connectivity index (χ2v) is 1.58. The lowest BCUT2D eigenvalue weighted by Gasteiger charge is -1.88. The van der Waals surface area contributed by atoms with Crippen LogP contribution in [0.5, 0.6) is 0 Å². The molecule has 0 N–H and O–H groups in total. The summed E-state index contributed by atoms with van der Waals surface area (Å²) in [6, 6.07) is 0. The van der Waals surface area contributed by atoms with Gasteiger partial charge in [-0.2, -0.15) is 0 Å². The monoisotopic (exact) mass is 96.1 g/mol. The fourth-order valence-electron chi connectivity index (χ4n) is 0.541. The van der Waals surface area contributed by atoms with E-state index in [4.69, 9.17) is 4.74 Å². The molecule has 0 aliphatic carbocycles. The highest BCUT2D eigenvalue weighted by Gasteiger charge is 1.88. The molecule has 0 aromatic heterocycles. The molecule has 1 aliphatic rings. The Morgan fingerprint density at radius 2 is 2.29 bits per heavy atom. The van der Waals surface area contributed by atoms with Crippen molar-refractivity contribution in [1.29, 1.82) is 0 Å². The van der Waals surface area contributed by atoms with Gasteiger partial charge in [-0.15, -0.1) is 0 Å². The van der Waals surface area contributed by atoms with Crippen LogP contribution in [-0.4, -0.2) is 6.61 Å². The zero-order chi connectivity index (χ0) is 4.95. The Morgan fingerprint density at radius 1 is 1.29 bits per heavy atom. The van der Waals surface area contributed by atoms with Crippen molar-refractivity contribution in [2.75, 3.05) is 6.61 Å². The Bertz CT molecular complexity index is 86.5. The number of ether oxygens (including phenoxy) is 1. The Morgan fingerprint density at radius 3 is 3.29 bits per heavy atom. The summed E-state index contributed by atoms with van der Waals surface area (Å²) in [6.45, 7) is 0.826. The number of rotatable bonds is 0. The molecule has 0 unspecified atom stereocenters. The minimum absolute atomic E-state index is 0.826. The summed E-state index contributed by atoms with van der Waals surface area (Å²) in [7, 11) is 0. The predicted molar refractivity (Wildman–Crippen MR) is 27.6 cm³/mol. The van der Waals surface area contributed by atoms with Gasteiger partial charge < -0.3 is 4.74 Å². The molecule has 1 aliphatic heterocycles. The fraction of sp³-hybridized carbons (Fsp3) is 0.667. The molecule has 1 rings (SSSR count). The third-order valence-electron chi connectivity index (χ3n) is 0.943. The maximum atomic E-state index is 4.83. The molecule has 0 saturated heterocycles. The van der Waals surface area contributed by atoms with Crippen molar-refractivity contribution in [2.24, 2.45) is 0 Å². The molecule has 0 aromatic rings. The van der Waals surface area contributed by atoms with Crippen molar-refractivity contribution < 1.29 is 4.74 Å². The third-order valence-corrected chi connectivity index (χ3v) is 0.943. The van der Waals surface area contributed by atoms with Gasteiger partial charge in [-0.25, -0.2) is 0 Å². The Balaban J connectivity index is 2.26. The van der Waals surface area contributed by atoms with Gasteiger partial charge in [-0.05, 0) is 12.8 Å². The molecule has 1 heterocycles. The van der Waals surface area contributed by atoms with Crippen LogP contribution in [0.1, 0.15) is 19.3 Å². The molecule has 0 saturated carbocycles. The highest BCUT2D eigenvalue weighted by Crippen LogP contribution is 1.96. The highest BCUT2D eigenvalue weighted by atomic mass is 16.5. The van der Waals surface area contributed by atoms with Crippen molar-refractivity contribution in [1.82, 2.24) is 0 Å². The summed E-state index contributed by atoms with van der Waals surface area (Å²) in [5, 5.41) is 0. The van der Waals surface area contributed by atoms with Crippen molar-refractivity contribution in [3.63, 3.8) is 0 Å². The van der Waals surface area contributed by atoms with Gasteiger partial charge >= 0.3 is 0 Å². The molecule has 0 atom stereocenters. The van der Waals surface area contributed by atoms with Crippen LogP contribution in [0.15, 0.2) is 0 Å². The van der Waals surface area contributed by atoms with Gasteiger partial charge in [0.05, 0.1) is 0 Å². The quantitative estimate of drug-likeness (QED) is 0.411. The first-order valence-electron chi connectivity index (χ1n) is 2.60. The lowest BCUT2D eigenvalue weighted by Crippen LogP contribution is -1.82. The largest absolute Gasteiger partial charge is 0.447 e. The van der Waals surface area contributed by atoms with Gasteiger partial charge in [-0.1, -0.05) is 5.92 Å². The second-order valence-electron chi connectivity index (χ2n) is 1.58. The van der Waals surface area contributed by atoms with Crippen molar-refractivity contribution >= 4 is 0 Å². The van der Waals surface area contributed by atoms with E-state index < -0.39 is 0 Å². The summed E-state index contributed by atoms with van der Waals surface area (Å²) in [5.74, 6) is 2.88. The number of hydrogen-bond donors (Lipinski definition) is 0. The van der Waals surface area contributed by atoms with E-state index in [1.54, 1.807) is 0 Å². The van der Waals surface area contributed by atoms with Crippen LogP contribution in [0.4, 0.5) is 0 Å². The fourth-order valence-corrected chi connectivity index (χ4v) is 0.541. The summed E-state index contributed by atoms with van der Waals surface area (Å²) in [4.78, 5) is 0. The van der Waals surface area contributed by atoms with Crippen LogP contribution in [0.3, 0.4) is 0 Å². The molecule has 38 valence electrons. The van der Waals surface area contributed by atoms with Gasteiger partial charge in [0, 0.05) is 6.42 Å². The molecule has 0 amide bonds. The molecule has 0 radical (unpaired) electrons. The molecule has 0 spiro atoms. The van der Waals surface area contributed by atoms with Gasteiger partial charge in [0.25, 0.3) is 0 Å². The molecular weight excluding hydrogens is 88.1 g/mol. The van der Waals surface area contributed by atoms with E-state index in [1.807, 2.05) is 0 Å². The molecular formula is C6H8O. The normalized spacial score (nSPS) is 18.3. The highest BCUT2D eigenvalue weighted by molar-refractivity contribution is 4.92. The van der Waals surface area contributed by atoms with Gasteiger partial charge in [-0.3, -0.25) is 0 Å². The summed E-state index contributed by atoms with van der Waals surface area (Å²) in [6.07, 6.45) is 5.97.